The van der Waals surface area contributed by atoms with E-state index in [2.05, 4.69) is 6.92 Å². The summed E-state index contributed by atoms with van der Waals surface area (Å²) in [5.74, 6) is 0. The molecule has 2 aromatic heterocycles. The number of quaternary nitrogens is 2. The Morgan fingerprint density at radius 2 is 1.81 bits per heavy atom. The van der Waals surface area contributed by atoms with E-state index in [1.54, 1.807) is 40.5 Å². The van der Waals surface area contributed by atoms with E-state index in [9.17, 15) is 9.59 Å². The Bertz CT molecular complexity index is 1220. The number of likely N-dealkylation sites (tertiary alicyclic amines) is 1. The van der Waals surface area contributed by atoms with Crippen LogP contribution in [0, 0.1) is 0 Å². The van der Waals surface area contributed by atoms with Gasteiger partial charge in [-0.3, -0.25) is 9.36 Å². The second kappa shape index (κ2) is 8.54. The minimum absolute atomic E-state index is 0.190. The molecule has 1 aromatic carbocycles. The number of hydrogen-bond donors (Lipinski definition) is 2. The molecule has 0 aliphatic carbocycles. The number of likely N-dealkylation sites (N-methyl/N-ethyl adjacent to an activating group) is 1. The highest BCUT2D eigenvalue weighted by molar-refractivity contribution is 7.18. The highest BCUT2D eigenvalue weighted by Gasteiger charge is 2.28. The number of hydrogen-bond acceptors (Lipinski definition) is 3. The van der Waals surface area contributed by atoms with Gasteiger partial charge in [0.25, 0.3) is 5.56 Å². The average molecular weight is 461 g/mol. The number of nitrogens with one attached hydrogen (secondary N) is 2. The molecule has 0 saturated carbocycles. The molecule has 8 heteroatoms. The first-order valence-electron chi connectivity index (χ1n) is 11.3. The third-order valence-electron chi connectivity index (χ3n) is 6.88. The van der Waals surface area contributed by atoms with Gasteiger partial charge in [0.05, 0.1) is 55.2 Å². The second-order valence-corrected chi connectivity index (χ2v) is 10.2. The van der Waals surface area contributed by atoms with Crippen LogP contribution in [0.5, 0.6) is 0 Å². The molecular weight excluding hydrogens is 432 g/mol. The summed E-state index contributed by atoms with van der Waals surface area (Å²) in [4.78, 5) is 32.5. The molecule has 5 rings (SSSR count). The number of halogens is 1. The van der Waals surface area contributed by atoms with Crippen molar-refractivity contribution in [3.63, 3.8) is 0 Å². The van der Waals surface area contributed by atoms with E-state index in [0.29, 0.717) is 17.3 Å². The zero-order chi connectivity index (χ0) is 21.5. The summed E-state index contributed by atoms with van der Waals surface area (Å²) in [6.07, 6.45) is 3.41. The van der Waals surface area contributed by atoms with Gasteiger partial charge in [0.2, 0.25) is 0 Å². The third-order valence-corrected chi connectivity index (χ3v) is 8.39. The second-order valence-electron chi connectivity index (χ2n) is 8.72. The fourth-order valence-electron chi connectivity index (χ4n) is 5.05. The number of thiophene rings is 1. The Morgan fingerprint density at radius 3 is 2.52 bits per heavy atom. The van der Waals surface area contributed by atoms with E-state index in [4.69, 9.17) is 11.6 Å². The molecule has 164 valence electrons. The number of aromatic nitrogens is 2. The van der Waals surface area contributed by atoms with Gasteiger partial charge in [-0.15, -0.1) is 11.3 Å². The smallest absolute Gasteiger partial charge is 0.333 e. The standard InChI is InChI=1S/C23H27ClN4O2S/c1-2-25-12-9-18-19(15-25)31-22-20(18)21(29)28(17-7-5-16(24)6-8-17)23(30)27(22)14-13-26-10-3-4-11-26/h5-8H,2-4,9-15H2,1H3/p+2. The maximum absolute atomic E-state index is 13.6. The first-order valence-corrected chi connectivity index (χ1v) is 12.5. The van der Waals surface area contributed by atoms with Crippen LogP contribution in [0.3, 0.4) is 0 Å². The third kappa shape index (κ3) is 3.78. The van der Waals surface area contributed by atoms with Gasteiger partial charge >= 0.3 is 5.69 Å². The van der Waals surface area contributed by atoms with E-state index in [1.165, 1.54) is 40.3 Å². The van der Waals surface area contributed by atoms with Crippen molar-refractivity contribution in [2.75, 3.05) is 32.7 Å². The minimum atomic E-state index is -0.239. The Morgan fingerprint density at radius 1 is 1.06 bits per heavy atom. The van der Waals surface area contributed by atoms with Gasteiger partial charge in [0.1, 0.15) is 11.4 Å². The van der Waals surface area contributed by atoms with Crippen molar-refractivity contribution in [2.24, 2.45) is 0 Å². The SMILES string of the molecule is CC[NH+]1CCc2c(sc3c2c(=O)n(-c2ccc(Cl)cc2)c(=O)n3CC[NH+]2CCCC2)C1. The van der Waals surface area contributed by atoms with Gasteiger partial charge in [0.15, 0.2) is 0 Å². The normalized spacial score (nSPS) is 19.2. The van der Waals surface area contributed by atoms with Crippen LogP contribution in [0.4, 0.5) is 0 Å². The fraction of sp³-hybridized carbons (Fsp3) is 0.478. The number of benzene rings is 1. The molecule has 0 bridgehead atoms. The van der Waals surface area contributed by atoms with Crippen molar-refractivity contribution in [1.29, 1.82) is 0 Å². The quantitative estimate of drug-likeness (QED) is 0.583. The molecule has 2 aliphatic heterocycles. The number of nitrogens with zero attached hydrogens (tertiary/aromatic N) is 2. The van der Waals surface area contributed by atoms with Gasteiger partial charge in [-0.05, 0) is 36.8 Å². The molecule has 0 radical (unpaired) electrons. The number of fused-ring (bicyclic) bond motifs is 3. The molecule has 6 nitrogen and oxygen atoms in total. The lowest BCUT2D eigenvalue weighted by atomic mass is 10.1. The minimum Gasteiger partial charge on any atom is -0.333 e. The Hall–Kier alpha value is -1.93. The molecule has 0 spiro atoms. The topological polar surface area (TPSA) is 52.9 Å². The maximum Gasteiger partial charge on any atom is 0.336 e. The van der Waals surface area contributed by atoms with Crippen molar-refractivity contribution in [3.8, 4) is 5.69 Å². The fourth-order valence-corrected chi connectivity index (χ4v) is 6.61. The van der Waals surface area contributed by atoms with Crippen molar-refractivity contribution < 1.29 is 9.80 Å². The van der Waals surface area contributed by atoms with Crippen LogP contribution in [0.15, 0.2) is 33.9 Å². The highest BCUT2D eigenvalue weighted by Crippen LogP contribution is 2.30. The van der Waals surface area contributed by atoms with Gasteiger partial charge in [-0.2, -0.15) is 0 Å². The summed E-state index contributed by atoms with van der Waals surface area (Å²) in [6.45, 7) is 9.16. The molecule has 31 heavy (non-hydrogen) atoms. The van der Waals surface area contributed by atoms with Crippen molar-refractivity contribution in [2.45, 2.75) is 39.3 Å². The van der Waals surface area contributed by atoms with Gasteiger partial charge < -0.3 is 9.80 Å². The van der Waals surface area contributed by atoms with Crippen LogP contribution in [0.2, 0.25) is 5.02 Å². The van der Waals surface area contributed by atoms with E-state index in [1.807, 2.05) is 4.57 Å². The first kappa shape index (κ1) is 20.9. The van der Waals surface area contributed by atoms with Gasteiger partial charge in [-0.25, -0.2) is 9.36 Å². The van der Waals surface area contributed by atoms with Crippen LogP contribution in [-0.2, 0) is 19.5 Å². The zero-order valence-corrected chi connectivity index (χ0v) is 19.5. The summed E-state index contributed by atoms with van der Waals surface area (Å²) < 4.78 is 3.22. The van der Waals surface area contributed by atoms with Gasteiger partial charge in [-0.1, -0.05) is 11.6 Å². The summed E-state index contributed by atoms with van der Waals surface area (Å²) in [6, 6.07) is 6.98. The number of rotatable bonds is 5. The summed E-state index contributed by atoms with van der Waals surface area (Å²) in [7, 11) is 0. The Balaban J connectivity index is 1.70. The molecule has 1 saturated heterocycles. The largest absolute Gasteiger partial charge is 0.336 e. The molecular formula is C23H29ClN4O2S+2. The van der Waals surface area contributed by atoms with Gasteiger partial charge in [0, 0.05) is 24.3 Å². The molecule has 1 unspecified atom stereocenters. The molecule has 2 N–H and O–H groups in total. The summed E-state index contributed by atoms with van der Waals surface area (Å²) in [5, 5.41) is 1.34. The van der Waals surface area contributed by atoms with E-state index in [0.717, 1.165) is 48.4 Å². The lowest BCUT2D eigenvalue weighted by Crippen LogP contribution is -3.11. The van der Waals surface area contributed by atoms with Crippen LogP contribution < -0.4 is 21.0 Å². The summed E-state index contributed by atoms with van der Waals surface area (Å²) in [5.41, 5.74) is 1.31. The molecule has 1 atom stereocenters. The van der Waals surface area contributed by atoms with Crippen LogP contribution in [0.1, 0.15) is 30.2 Å². The van der Waals surface area contributed by atoms with E-state index < -0.39 is 0 Å². The van der Waals surface area contributed by atoms with Crippen LogP contribution >= 0.6 is 22.9 Å². The predicted octanol–water partition coefficient (Wildman–Crippen LogP) is 0.507. The van der Waals surface area contributed by atoms with Crippen LogP contribution in [0.25, 0.3) is 15.9 Å². The molecule has 0 amide bonds. The lowest BCUT2D eigenvalue weighted by Gasteiger charge is -2.22. The zero-order valence-electron chi connectivity index (χ0n) is 17.9. The lowest BCUT2D eigenvalue weighted by molar-refractivity contribution is -0.913. The first-order chi connectivity index (χ1) is 15.1. The van der Waals surface area contributed by atoms with E-state index >= 15 is 0 Å². The Labute approximate surface area is 190 Å². The Kier molecular flexibility index (Phi) is 5.77. The molecule has 2 aliphatic rings. The van der Waals surface area contributed by atoms with Crippen molar-refractivity contribution in [1.82, 2.24) is 9.13 Å². The van der Waals surface area contributed by atoms with Crippen molar-refractivity contribution >= 4 is 33.2 Å². The highest BCUT2D eigenvalue weighted by atomic mass is 35.5. The molecule has 1 fully saturated rings. The predicted molar refractivity (Wildman–Crippen MR) is 125 cm³/mol. The molecule has 3 aromatic rings. The maximum atomic E-state index is 13.6. The summed E-state index contributed by atoms with van der Waals surface area (Å²) >= 11 is 7.72. The van der Waals surface area contributed by atoms with E-state index in [-0.39, 0.29) is 11.2 Å². The molecule has 4 heterocycles. The van der Waals surface area contributed by atoms with Crippen molar-refractivity contribution in [3.05, 3.63) is 60.6 Å². The van der Waals surface area contributed by atoms with Crippen LogP contribution in [-0.4, -0.2) is 41.9 Å². The monoisotopic (exact) mass is 460 g/mol. The average Bonchev–Trinajstić information content (AvgIpc) is 3.42.